The van der Waals surface area contributed by atoms with Crippen LogP contribution >= 0.6 is 27.7 Å². The summed E-state index contributed by atoms with van der Waals surface area (Å²) >= 11 is 4.23. The lowest BCUT2D eigenvalue weighted by Gasteiger charge is -2.15. The molecule has 10 heteroatoms. The Morgan fingerprint density at radius 1 is 0.973 bits per heavy atom. The number of carbonyl (C=O) groups is 2. The monoisotopic (exact) mass is 601 g/mol. The van der Waals surface area contributed by atoms with E-state index in [9.17, 15) is 18.0 Å². The summed E-state index contributed by atoms with van der Waals surface area (Å²) in [5.74, 6) is -0.225. The van der Waals surface area contributed by atoms with Gasteiger partial charge in [0.25, 0.3) is 11.1 Å². The van der Waals surface area contributed by atoms with Gasteiger partial charge in [0.15, 0.2) is 11.5 Å². The summed E-state index contributed by atoms with van der Waals surface area (Å²) < 4.78 is 37.2. The van der Waals surface area contributed by atoms with Gasteiger partial charge in [0.1, 0.15) is 4.90 Å². The van der Waals surface area contributed by atoms with E-state index in [1.807, 2.05) is 38.1 Å². The molecule has 0 bridgehead atoms. The van der Waals surface area contributed by atoms with E-state index in [2.05, 4.69) is 15.9 Å². The van der Waals surface area contributed by atoms with Crippen molar-refractivity contribution in [3.8, 4) is 11.5 Å². The van der Waals surface area contributed by atoms with Gasteiger partial charge in [0.2, 0.25) is 0 Å². The molecule has 7 nitrogen and oxygen atoms in total. The van der Waals surface area contributed by atoms with Gasteiger partial charge in [-0.05, 0) is 89.9 Å². The number of halogens is 1. The molecule has 0 N–H and O–H groups in total. The summed E-state index contributed by atoms with van der Waals surface area (Å²) in [6.45, 7) is 6.02. The average molecular weight is 603 g/mol. The number of rotatable bonds is 8. The number of amides is 2. The van der Waals surface area contributed by atoms with E-state index in [0.29, 0.717) is 10.0 Å². The van der Waals surface area contributed by atoms with Gasteiger partial charge in [-0.3, -0.25) is 14.5 Å². The lowest BCUT2D eigenvalue weighted by Crippen LogP contribution is -2.27. The predicted octanol–water partition coefficient (Wildman–Crippen LogP) is 6.47. The van der Waals surface area contributed by atoms with Crippen LogP contribution in [0.1, 0.15) is 29.2 Å². The van der Waals surface area contributed by atoms with Crippen LogP contribution in [0.15, 0.2) is 74.9 Å². The van der Waals surface area contributed by atoms with Crippen LogP contribution in [0.5, 0.6) is 11.5 Å². The number of hydrogen-bond donors (Lipinski definition) is 0. The molecule has 3 aromatic carbocycles. The molecule has 37 heavy (non-hydrogen) atoms. The Hall–Kier alpha value is -3.08. The van der Waals surface area contributed by atoms with Crippen LogP contribution in [-0.2, 0) is 21.5 Å². The number of carbonyl (C=O) groups excluding carboxylic acids is 2. The molecule has 0 aromatic heterocycles. The molecule has 1 saturated heterocycles. The standard InChI is InChI=1S/C27H24BrNO6S2/c1-4-34-23-14-20(13-22(28)25(23)35-37(32,33)21-11-7-18(3)8-12-21)15-24-26(30)29(27(31)36-24)16-19-9-5-17(2)6-10-19/h5-15H,4,16H2,1-3H3/b24-15-. The van der Waals surface area contributed by atoms with Gasteiger partial charge in [-0.15, -0.1) is 0 Å². The van der Waals surface area contributed by atoms with Crippen molar-refractivity contribution in [2.45, 2.75) is 32.2 Å². The fraction of sp³-hybridized carbons (Fsp3) is 0.185. The van der Waals surface area contributed by atoms with Crippen LogP contribution in [0.25, 0.3) is 6.08 Å². The minimum absolute atomic E-state index is 0.00736. The highest BCUT2D eigenvalue weighted by atomic mass is 79.9. The molecule has 3 aromatic rings. The van der Waals surface area contributed by atoms with E-state index in [1.54, 1.807) is 37.3 Å². The van der Waals surface area contributed by atoms with Crippen LogP contribution in [0, 0.1) is 13.8 Å². The number of imide groups is 1. The zero-order chi connectivity index (χ0) is 26.7. The van der Waals surface area contributed by atoms with Crippen LogP contribution in [0.2, 0.25) is 0 Å². The molecule has 0 aliphatic carbocycles. The van der Waals surface area contributed by atoms with Crippen molar-refractivity contribution >= 4 is 55.0 Å². The highest BCUT2D eigenvalue weighted by Gasteiger charge is 2.35. The first kappa shape index (κ1) is 27.0. The number of nitrogens with zero attached hydrogens (tertiary/aromatic N) is 1. The maximum absolute atomic E-state index is 13.0. The lowest BCUT2D eigenvalue weighted by molar-refractivity contribution is -0.123. The van der Waals surface area contributed by atoms with Gasteiger partial charge in [0.05, 0.1) is 22.5 Å². The van der Waals surface area contributed by atoms with Gasteiger partial charge in [-0.1, -0.05) is 47.5 Å². The molecule has 0 saturated carbocycles. The van der Waals surface area contributed by atoms with Gasteiger partial charge in [-0.25, -0.2) is 0 Å². The Morgan fingerprint density at radius 2 is 1.59 bits per heavy atom. The Labute approximate surface area is 228 Å². The minimum atomic E-state index is -4.12. The molecule has 1 aliphatic heterocycles. The van der Waals surface area contributed by atoms with Crippen LogP contribution < -0.4 is 8.92 Å². The summed E-state index contributed by atoms with van der Waals surface area (Å²) in [7, 11) is -4.12. The molecular weight excluding hydrogens is 578 g/mol. The largest absolute Gasteiger partial charge is 0.490 e. The normalized spacial score (nSPS) is 14.9. The summed E-state index contributed by atoms with van der Waals surface area (Å²) in [6.07, 6.45) is 1.57. The van der Waals surface area contributed by atoms with Crippen LogP contribution in [0.3, 0.4) is 0 Å². The molecular formula is C27H24BrNO6S2. The fourth-order valence-corrected chi connectivity index (χ4v) is 5.98. The number of hydrogen-bond acceptors (Lipinski definition) is 7. The third-order valence-corrected chi connectivity index (χ3v) is 8.20. The molecule has 192 valence electrons. The Balaban J connectivity index is 1.61. The predicted molar refractivity (Wildman–Crippen MR) is 147 cm³/mol. The number of thioether (sulfide) groups is 1. The number of benzene rings is 3. The molecule has 1 heterocycles. The number of ether oxygens (including phenoxy) is 1. The third kappa shape index (κ3) is 6.26. The quantitative estimate of drug-likeness (QED) is 0.216. The first-order valence-corrected chi connectivity index (χ1v) is 14.4. The summed E-state index contributed by atoms with van der Waals surface area (Å²) in [6, 6.07) is 17.1. The smallest absolute Gasteiger partial charge is 0.339 e. The molecule has 0 unspecified atom stereocenters. The van der Waals surface area contributed by atoms with E-state index in [1.165, 1.54) is 17.0 Å². The van der Waals surface area contributed by atoms with E-state index in [0.717, 1.165) is 28.5 Å². The zero-order valence-corrected chi connectivity index (χ0v) is 23.6. The van der Waals surface area contributed by atoms with Crippen molar-refractivity contribution in [2.24, 2.45) is 0 Å². The van der Waals surface area contributed by atoms with Gasteiger partial charge in [-0.2, -0.15) is 8.42 Å². The van der Waals surface area contributed by atoms with Crippen molar-refractivity contribution in [3.63, 3.8) is 0 Å². The van der Waals surface area contributed by atoms with Crippen molar-refractivity contribution in [1.82, 2.24) is 4.90 Å². The van der Waals surface area contributed by atoms with Crippen molar-refractivity contribution in [1.29, 1.82) is 0 Å². The lowest BCUT2D eigenvalue weighted by atomic mass is 10.1. The first-order valence-electron chi connectivity index (χ1n) is 11.4. The highest BCUT2D eigenvalue weighted by molar-refractivity contribution is 9.10. The topological polar surface area (TPSA) is 90.0 Å². The molecule has 0 radical (unpaired) electrons. The molecule has 1 aliphatic rings. The van der Waals surface area contributed by atoms with Gasteiger partial charge in [0, 0.05) is 0 Å². The summed E-state index contributed by atoms with van der Waals surface area (Å²) in [5, 5.41) is -0.356. The first-order chi connectivity index (χ1) is 17.6. The zero-order valence-electron chi connectivity index (χ0n) is 20.4. The molecule has 4 rings (SSSR count). The molecule has 1 fully saturated rings. The summed E-state index contributed by atoms with van der Waals surface area (Å²) in [4.78, 5) is 27.0. The Bertz CT molecular complexity index is 1480. The van der Waals surface area contributed by atoms with Gasteiger partial charge < -0.3 is 8.92 Å². The molecule has 0 spiro atoms. The average Bonchev–Trinajstić information content (AvgIpc) is 3.10. The third-order valence-electron chi connectivity index (χ3n) is 5.47. The molecule has 2 amide bonds. The van der Waals surface area contributed by atoms with Crippen LogP contribution in [0.4, 0.5) is 4.79 Å². The Kier molecular flexibility index (Phi) is 8.11. The number of aryl methyl sites for hydroxylation is 2. The van der Waals surface area contributed by atoms with Crippen molar-refractivity contribution in [2.75, 3.05) is 6.61 Å². The van der Waals surface area contributed by atoms with E-state index >= 15 is 0 Å². The Morgan fingerprint density at radius 3 is 2.22 bits per heavy atom. The minimum Gasteiger partial charge on any atom is -0.490 e. The molecule has 0 atom stereocenters. The van der Waals surface area contributed by atoms with Crippen molar-refractivity contribution < 1.29 is 26.9 Å². The van der Waals surface area contributed by atoms with E-state index in [-0.39, 0.29) is 39.7 Å². The van der Waals surface area contributed by atoms with Crippen molar-refractivity contribution in [3.05, 3.63) is 92.3 Å². The van der Waals surface area contributed by atoms with E-state index < -0.39 is 16.0 Å². The second-order valence-electron chi connectivity index (χ2n) is 8.37. The fourth-order valence-electron chi connectivity index (χ4n) is 3.54. The van der Waals surface area contributed by atoms with Gasteiger partial charge >= 0.3 is 10.1 Å². The maximum Gasteiger partial charge on any atom is 0.339 e. The van der Waals surface area contributed by atoms with E-state index in [4.69, 9.17) is 8.92 Å². The SMILES string of the molecule is CCOc1cc(/C=C2\SC(=O)N(Cc3ccc(C)cc3)C2=O)cc(Br)c1OS(=O)(=O)c1ccc(C)cc1. The van der Waals surface area contributed by atoms with Crippen LogP contribution in [-0.4, -0.2) is 31.1 Å². The maximum atomic E-state index is 13.0. The highest BCUT2D eigenvalue weighted by Crippen LogP contribution is 2.41. The summed E-state index contributed by atoms with van der Waals surface area (Å²) in [5.41, 5.74) is 3.40. The second-order valence-corrected chi connectivity index (χ2v) is 11.8. The second kappa shape index (κ2) is 11.1.